The number of carbonyl (C=O) groups excluding carboxylic acids is 1. The number of benzene rings is 1. The van der Waals surface area contributed by atoms with Crippen LogP contribution in [0.3, 0.4) is 0 Å². The van der Waals surface area contributed by atoms with Crippen molar-refractivity contribution in [2.45, 2.75) is 33.7 Å². The van der Waals surface area contributed by atoms with E-state index in [1.165, 1.54) is 6.07 Å². The van der Waals surface area contributed by atoms with Crippen LogP contribution in [0.1, 0.15) is 41.2 Å². The summed E-state index contributed by atoms with van der Waals surface area (Å²) in [5.74, 6) is 0.253. The highest BCUT2D eigenvalue weighted by Crippen LogP contribution is 2.32. The first-order chi connectivity index (χ1) is 13.4. The highest BCUT2D eigenvalue weighted by Gasteiger charge is 2.23. The van der Waals surface area contributed by atoms with Gasteiger partial charge in [-0.1, -0.05) is 23.9 Å². The van der Waals surface area contributed by atoms with E-state index >= 15 is 0 Å². The van der Waals surface area contributed by atoms with Crippen LogP contribution in [-0.2, 0) is 17.8 Å². The summed E-state index contributed by atoms with van der Waals surface area (Å²) in [7, 11) is 0. The van der Waals surface area contributed by atoms with E-state index in [9.17, 15) is 9.18 Å². The zero-order valence-corrected chi connectivity index (χ0v) is 16.5. The number of halogens is 1. The third kappa shape index (κ3) is 4.51. The molecular formula is C22H24FN3O2. The van der Waals surface area contributed by atoms with E-state index in [0.717, 1.165) is 34.6 Å². The standard InChI is InChI=1S/C22H24FN3O2/c1-14(2)25-28-16(4)11-26-8-7-19-20(10-17(13-27)24-22(19)12-26)18-6-5-15(3)9-21(18)23/h5-6,9-10,13H,4,7-8,11-12H2,1-3H3. The van der Waals surface area contributed by atoms with Crippen molar-refractivity contribution in [3.8, 4) is 11.1 Å². The highest BCUT2D eigenvalue weighted by atomic mass is 19.1. The Balaban J connectivity index is 1.89. The largest absolute Gasteiger partial charge is 0.361 e. The van der Waals surface area contributed by atoms with Crippen LogP contribution >= 0.6 is 0 Å². The lowest BCUT2D eigenvalue weighted by atomic mass is 9.92. The summed E-state index contributed by atoms with van der Waals surface area (Å²) in [6.45, 7) is 11.2. The van der Waals surface area contributed by atoms with Gasteiger partial charge in [0.25, 0.3) is 0 Å². The first-order valence-corrected chi connectivity index (χ1v) is 9.20. The van der Waals surface area contributed by atoms with Crippen LogP contribution in [0.2, 0.25) is 0 Å². The second kappa shape index (κ2) is 8.44. The Labute approximate surface area is 164 Å². The Kier molecular flexibility index (Phi) is 5.99. The van der Waals surface area contributed by atoms with Crippen molar-refractivity contribution >= 4 is 12.0 Å². The molecule has 0 atom stereocenters. The van der Waals surface area contributed by atoms with Gasteiger partial charge in [0.05, 0.1) is 18.0 Å². The van der Waals surface area contributed by atoms with Gasteiger partial charge < -0.3 is 4.84 Å². The maximum absolute atomic E-state index is 14.6. The maximum Gasteiger partial charge on any atom is 0.168 e. The van der Waals surface area contributed by atoms with Gasteiger partial charge in [-0.3, -0.25) is 9.69 Å². The Bertz CT molecular complexity index is 949. The van der Waals surface area contributed by atoms with E-state index < -0.39 is 0 Å². The zero-order chi connectivity index (χ0) is 20.3. The number of aromatic nitrogens is 1. The van der Waals surface area contributed by atoms with Crippen LogP contribution in [0.15, 0.2) is 41.8 Å². The molecule has 0 spiro atoms. The summed E-state index contributed by atoms with van der Waals surface area (Å²) in [4.78, 5) is 23.3. The van der Waals surface area contributed by atoms with Crippen molar-refractivity contribution in [3.05, 3.63) is 64.9 Å². The molecule has 1 aliphatic heterocycles. The van der Waals surface area contributed by atoms with Crippen LogP contribution in [0.4, 0.5) is 4.39 Å². The molecule has 2 aromatic rings. The third-order valence-corrected chi connectivity index (χ3v) is 4.57. The molecule has 146 valence electrons. The summed E-state index contributed by atoms with van der Waals surface area (Å²) in [6, 6.07) is 6.83. The van der Waals surface area contributed by atoms with E-state index in [2.05, 4.69) is 21.6 Å². The summed E-state index contributed by atoms with van der Waals surface area (Å²) >= 11 is 0. The number of oxime groups is 1. The van der Waals surface area contributed by atoms with Crippen LogP contribution in [0, 0.1) is 12.7 Å². The molecule has 2 heterocycles. The van der Waals surface area contributed by atoms with Gasteiger partial charge in [0, 0.05) is 18.7 Å². The Morgan fingerprint density at radius 1 is 1.36 bits per heavy atom. The van der Waals surface area contributed by atoms with Crippen molar-refractivity contribution in [2.24, 2.45) is 5.16 Å². The van der Waals surface area contributed by atoms with Gasteiger partial charge in [-0.25, -0.2) is 9.37 Å². The lowest BCUT2D eigenvalue weighted by Crippen LogP contribution is -2.33. The van der Waals surface area contributed by atoms with E-state index in [1.807, 2.05) is 26.8 Å². The monoisotopic (exact) mass is 381 g/mol. The van der Waals surface area contributed by atoms with E-state index in [4.69, 9.17) is 4.84 Å². The molecule has 0 fully saturated rings. The fraction of sp³-hybridized carbons (Fsp3) is 0.318. The van der Waals surface area contributed by atoms with E-state index in [1.54, 1.807) is 12.1 Å². The van der Waals surface area contributed by atoms with E-state index in [-0.39, 0.29) is 5.82 Å². The number of aryl methyl sites for hydroxylation is 1. The van der Waals surface area contributed by atoms with E-state index in [0.29, 0.717) is 42.8 Å². The second-order valence-corrected chi connectivity index (χ2v) is 7.25. The molecule has 0 saturated heterocycles. The molecule has 1 aromatic carbocycles. The third-order valence-electron chi connectivity index (χ3n) is 4.57. The van der Waals surface area contributed by atoms with Gasteiger partial charge in [0.15, 0.2) is 6.29 Å². The molecule has 5 nitrogen and oxygen atoms in total. The molecule has 28 heavy (non-hydrogen) atoms. The van der Waals surface area contributed by atoms with Gasteiger partial charge >= 0.3 is 0 Å². The Hall–Kier alpha value is -2.86. The number of aldehydes is 1. The van der Waals surface area contributed by atoms with Crippen LogP contribution < -0.4 is 0 Å². The number of rotatable bonds is 6. The van der Waals surface area contributed by atoms with Crippen LogP contribution in [0.25, 0.3) is 11.1 Å². The average molecular weight is 381 g/mol. The average Bonchev–Trinajstić information content (AvgIpc) is 2.65. The summed E-state index contributed by atoms with van der Waals surface area (Å²) in [5, 5.41) is 3.92. The number of hydrogen-bond donors (Lipinski definition) is 0. The minimum Gasteiger partial charge on any atom is -0.361 e. The molecule has 0 amide bonds. The quantitative estimate of drug-likeness (QED) is 0.324. The molecule has 0 radical (unpaired) electrons. The predicted octanol–water partition coefficient (Wildman–Crippen LogP) is 4.29. The molecule has 3 rings (SSSR count). The van der Waals surface area contributed by atoms with Crippen molar-refractivity contribution in [1.82, 2.24) is 9.88 Å². The second-order valence-electron chi connectivity index (χ2n) is 7.25. The molecule has 0 saturated carbocycles. The highest BCUT2D eigenvalue weighted by molar-refractivity contribution is 5.79. The smallest absolute Gasteiger partial charge is 0.168 e. The topological polar surface area (TPSA) is 54.8 Å². The summed E-state index contributed by atoms with van der Waals surface area (Å²) in [5.41, 5.74) is 4.98. The molecule has 0 N–H and O–H groups in total. The van der Waals surface area contributed by atoms with Gasteiger partial charge in [0.2, 0.25) is 0 Å². The first-order valence-electron chi connectivity index (χ1n) is 9.20. The normalized spacial score (nSPS) is 13.6. The van der Waals surface area contributed by atoms with Gasteiger partial charge in [-0.05, 0) is 56.0 Å². The van der Waals surface area contributed by atoms with Crippen molar-refractivity contribution in [3.63, 3.8) is 0 Å². The number of nitrogens with zero attached hydrogens (tertiary/aromatic N) is 3. The van der Waals surface area contributed by atoms with Gasteiger partial charge in [-0.15, -0.1) is 0 Å². The number of pyridine rings is 1. The number of hydrogen-bond acceptors (Lipinski definition) is 5. The van der Waals surface area contributed by atoms with Crippen molar-refractivity contribution in [1.29, 1.82) is 0 Å². The van der Waals surface area contributed by atoms with Crippen LogP contribution in [0.5, 0.6) is 0 Å². The Morgan fingerprint density at radius 2 is 2.14 bits per heavy atom. The Morgan fingerprint density at radius 3 is 2.82 bits per heavy atom. The minimum atomic E-state index is -0.290. The predicted molar refractivity (Wildman–Crippen MR) is 108 cm³/mol. The fourth-order valence-electron chi connectivity index (χ4n) is 3.32. The molecule has 0 aliphatic carbocycles. The fourth-order valence-corrected chi connectivity index (χ4v) is 3.32. The molecule has 6 heteroatoms. The lowest BCUT2D eigenvalue weighted by Gasteiger charge is -2.29. The minimum absolute atomic E-state index is 0.290. The summed E-state index contributed by atoms with van der Waals surface area (Å²) < 4.78 is 14.6. The van der Waals surface area contributed by atoms with Crippen LogP contribution in [-0.4, -0.2) is 35.0 Å². The zero-order valence-electron chi connectivity index (χ0n) is 16.5. The van der Waals surface area contributed by atoms with Crippen molar-refractivity contribution < 1.29 is 14.0 Å². The number of fused-ring (bicyclic) bond motifs is 1. The SMILES string of the molecule is C=C(CN1CCc2c(-c3ccc(C)cc3F)cc(C=O)nc2C1)ON=C(C)C. The molecule has 1 aliphatic rings. The number of carbonyl (C=O) groups is 1. The van der Waals surface area contributed by atoms with Crippen molar-refractivity contribution in [2.75, 3.05) is 13.1 Å². The maximum atomic E-state index is 14.6. The molecule has 1 aromatic heterocycles. The van der Waals surface area contributed by atoms with Gasteiger partial charge in [0.1, 0.15) is 17.3 Å². The molecule has 0 bridgehead atoms. The molecular weight excluding hydrogens is 357 g/mol. The summed E-state index contributed by atoms with van der Waals surface area (Å²) in [6.07, 6.45) is 1.41. The lowest BCUT2D eigenvalue weighted by molar-refractivity contribution is 0.111. The first kappa shape index (κ1) is 19.9. The van der Waals surface area contributed by atoms with Gasteiger partial charge in [-0.2, -0.15) is 0 Å². The molecule has 0 unspecified atom stereocenters.